The molecule has 1 aromatic rings. The Kier molecular flexibility index (Phi) is 11.3. The number of aromatic nitrogens is 2. The molecule has 14 heteroatoms. The van der Waals surface area contributed by atoms with E-state index in [1.54, 1.807) is 11.1 Å². The lowest BCUT2D eigenvalue weighted by Gasteiger charge is -2.54. The molecule has 0 radical (unpaired) electrons. The van der Waals surface area contributed by atoms with Crippen molar-refractivity contribution in [2.75, 3.05) is 39.3 Å². The number of carboxylic acid groups (broad SMARTS) is 1. The van der Waals surface area contributed by atoms with Gasteiger partial charge in [0.1, 0.15) is 12.0 Å². The Labute approximate surface area is 267 Å². The normalized spacial score (nSPS) is 27.9. The summed E-state index contributed by atoms with van der Waals surface area (Å²) >= 11 is 0. The molecule has 0 unspecified atom stereocenters. The van der Waals surface area contributed by atoms with E-state index in [1.807, 2.05) is 4.68 Å². The number of ether oxygens (including phenoxy) is 1. The fraction of sp³-hybridized carbons (Fsp3) is 0.781. The van der Waals surface area contributed by atoms with Crippen LogP contribution in [0.2, 0.25) is 0 Å². The number of halogens is 3. The van der Waals surface area contributed by atoms with E-state index in [4.69, 9.17) is 14.6 Å². The number of rotatable bonds is 10. The van der Waals surface area contributed by atoms with Gasteiger partial charge >= 0.3 is 12.1 Å². The van der Waals surface area contributed by atoms with E-state index in [0.717, 1.165) is 18.4 Å². The maximum absolute atomic E-state index is 13.7. The number of piperazine rings is 1. The van der Waals surface area contributed by atoms with Crippen molar-refractivity contribution in [2.24, 2.45) is 29.6 Å². The first-order valence-electron chi connectivity index (χ1n) is 16.7. The number of hydrogen-bond donors (Lipinski definition) is 2. The molecule has 2 amide bonds. The molecular weight excluding hydrogens is 607 g/mol. The highest BCUT2D eigenvalue weighted by atomic mass is 19.4. The quantitative estimate of drug-likeness (QED) is 0.288. The summed E-state index contributed by atoms with van der Waals surface area (Å²) in [7, 11) is 0. The van der Waals surface area contributed by atoms with Crippen LogP contribution < -0.4 is 10.1 Å². The summed E-state index contributed by atoms with van der Waals surface area (Å²) in [6.45, 7) is 4.35. The summed E-state index contributed by atoms with van der Waals surface area (Å²) in [4.78, 5) is 49.2. The van der Waals surface area contributed by atoms with E-state index < -0.39 is 24.9 Å². The van der Waals surface area contributed by atoms with Gasteiger partial charge in [0.25, 0.3) is 5.91 Å². The predicted octanol–water partition coefficient (Wildman–Crippen LogP) is 3.76. The molecule has 6 fully saturated rings. The van der Waals surface area contributed by atoms with Crippen LogP contribution in [-0.4, -0.2) is 100 Å². The fourth-order valence-electron chi connectivity index (χ4n) is 8.48. The Bertz CT molecular complexity index is 1200. The summed E-state index contributed by atoms with van der Waals surface area (Å²) in [6, 6.07) is 0.273. The summed E-state index contributed by atoms with van der Waals surface area (Å²) < 4.78 is 39.5. The number of alkyl halides is 3. The summed E-state index contributed by atoms with van der Waals surface area (Å²) in [5.41, 5.74) is 0.550. The van der Waals surface area contributed by atoms with Crippen LogP contribution in [0.1, 0.15) is 81.0 Å². The molecule has 5 aliphatic carbocycles. The number of carboxylic acids is 1. The van der Waals surface area contributed by atoms with Crippen molar-refractivity contribution in [3.63, 3.8) is 0 Å². The SMILES string of the molecule is O=C(O)CC(=O)N1CCN(CCn2ncc(C(=O)NC3C4CC5CC(C4)CC3C5)c2OCC2CCCCC2)CC1.O=CC(F)(F)F. The minimum Gasteiger partial charge on any atom is -0.481 e. The lowest BCUT2D eigenvalue weighted by atomic mass is 9.54. The Morgan fingerprint density at radius 3 is 2.13 bits per heavy atom. The van der Waals surface area contributed by atoms with E-state index >= 15 is 0 Å². The standard InChI is InChI=1S/C30H45N5O5.C2HF3O/c36-26(17-27(37)38)34-9-6-33(7-10-34)8-11-35-30(40-19-20-4-2-1-3-5-20)25(18-31-35)29(39)32-28-23-13-21-12-22(15-23)16-24(28)14-21;3-2(4,5)1-6/h18,20-24,28H,1-17,19H2,(H,32,39)(H,37,38);1H. The highest BCUT2D eigenvalue weighted by Gasteiger charge is 2.48. The van der Waals surface area contributed by atoms with E-state index in [1.165, 1.54) is 64.2 Å². The molecule has 0 atom stereocenters. The van der Waals surface area contributed by atoms with Crippen molar-refractivity contribution in [2.45, 2.75) is 89.4 Å². The number of amides is 2. The van der Waals surface area contributed by atoms with Gasteiger partial charge in [0.2, 0.25) is 18.1 Å². The molecular formula is C32H46F3N5O6. The van der Waals surface area contributed by atoms with Crippen molar-refractivity contribution in [3.8, 4) is 5.88 Å². The third-order valence-electron chi connectivity index (χ3n) is 10.5. The number of hydrogen-bond acceptors (Lipinski definition) is 7. The molecule has 2 N–H and O–H groups in total. The molecule has 46 heavy (non-hydrogen) atoms. The molecule has 11 nitrogen and oxygen atoms in total. The number of carbonyl (C=O) groups is 4. The predicted molar refractivity (Wildman–Crippen MR) is 160 cm³/mol. The average molecular weight is 654 g/mol. The lowest BCUT2D eigenvalue weighted by Crippen LogP contribution is -2.55. The van der Waals surface area contributed by atoms with Crippen molar-refractivity contribution in [3.05, 3.63) is 11.8 Å². The molecule has 0 aromatic carbocycles. The van der Waals surface area contributed by atoms with Crippen LogP contribution >= 0.6 is 0 Å². The first-order chi connectivity index (χ1) is 22.0. The Morgan fingerprint density at radius 1 is 0.957 bits per heavy atom. The second kappa shape index (κ2) is 15.2. The van der Waals surface area contributed by atoms with Crippen LogP contribution in [0.4, 0.5) is 13.2 Å². The monoisotopic (exact) mass is 653 g/mol. The summed E-state index contributed by atoms with van der Waals surface area (Å²) in [5, 5.41) is 17.0. The van der Waals surface area contributed by atoms with Gasteiger partial charge in [0.05, 0.1) is 19.3 Å². The Hall–Kier alpha value is -3.16. The van der Waals surface area contributed by atoms with Crippen molar-refractivity contribution >= 4 is 24.1 Å². The van der Waals surface area contributed by atoms with Gasteiger partial charge in [-0.3, -0.25) is 24.1 Å². The number of aldehydes is 1. The van der Waals surface area contributed by atoms with Gasteiger partial charge in [-0.1, -0.05) is 19.3 Å². The van der Waals surface area contributed by atoms with Crippen LogP contribution in [0.15, 0.2) is 6.20 Å². The van der Waals surface area contributed by atoms with Gasteiger partial charge in [-0.05, 0) is 74.5 Å². The van der Waals surface area contributed by atoms with Gasteiger partial charge in [-0.15, -0.1) is 0 Å². The zero-order chi connectivity index (χ0) is 32.8. The topological polar surface area (TPSA) is 134 Å². The fourth-order valence-corrected chi connectivity index (χ4v) is 8.48. The molecule has 5 saturated carbocycles. The highest BCUT2D eigenvalue weighted by Crippen LogP contribution is 2.53. The van der Waals surface area contributed by atoms with Gasteiger partial charge < -0.3 is 20.1 Å². The molecule has 1 aromatic heterocycles. The molecule has 0 spiro atoms. The van der Waals surface area contributed by atoms with Gasteiger partial charge in [0.15, 0.2) is 0 Å². The largest absolute Gasteiger partial charge is 0.481 e. The van der Waals surface area contributed by atoms with E-state index in [-0.39, 0.29) is 17.9 Å². The minimum absolute atomic E-state index is 0.0482. The van der Waals surface area contributed by atoms with Crippen molar-refractivity contribution in [1.82, 2.24) is 24.9 Å². The Morgan fingerprint density at radius 2 is 1.57 bits per heavy atom. The molecule has 1 aliphatic heterocycles. The van der Waals surface area contributed by atoms with Gasteiger partial charge in [-0.25, -0.2) is 4.68 Å². The van der Waals surface area contributed by atoms with Crippen molar-refractivity contribution < 1.29 is 42.2 Å². The smallest absolute Gasteiger partial charge is 0.446 e. The maximum atomic E-state index is 13.7. The lowest BCUT2D eigenvalue weighted by molar-refractivity contribution is -0.156. The number of aliphatic carboxylic acids is 1. The van der Waals surface area contributed by atoms with Crippen LogP contribution in [0, 0.1) is 29.6 Å². The van der Waals surface area contributed by atoms with Crippen molar-refractivity contribution in [1.29, 1.82) is 0 Å². The molecule has 7 rings (SSSR count). The maximum Gasteiger partial charge on any atom is 0.446 e. The van der Waals surface area contributed by atoms with E-state index in [2.05, 4.69) is 15.3 Å². The first-order valence-corrected chi connectivity index (χ1v) is 16.7. The third kappa shape index (κ3) is 9.01. The zero-order valence-corrected chi connectivity index (χ0v) is 26.3. The van der Waals surface area contributed by atoms with E-state index in [9.17, 15) is 27.6 Å². The molecule has 6 aliphatic rings. The van der Waals surface area contributed by atoms with Crippen LogP contribution in [-0.2, 0) is 20.9 Å². The third-order valence-corrected chi connectivity index (χ3v) is 10.5. The second-order valence-corrected chi connectivity index (χ2v) is 13.8. The Balaban J connectivity index is 0.000000635. The average Bonchev–Trinajstić information content (AvgIpc) is 3.43. The molecule has 2 heterocycles. The molecule has 4 bridgehead atoms. The van der Waals surface area contributed by atoms with Gasteiger partial charge in [-0.2, -0.15) is 18.3 Å². The number of carbonyl (C=O) groups excluding carboxylic acids is 3. The van der Waals surface area contributed by atoms with Gasteiger partial charge in [0, 0.05) is 38.8 Å². The second-order valence-electron chi connectivity index (χ2n) is 13.8. The number of nitrogens with zero attached hydrogens (tertiary/aromatic N) is 4. The first kappa shape index (κ1) is 34.2. The molecule has 1 saturated heterocycles. The summed E-state index contributed by atoms with van der Waals surface area (Å²) in [5.74, 6) is 2.60. The number of nitrogens with one attached hydrogen (secondary N) is 1. The zero-order valence-electron chi connectivity index (χ0n) is 26.3. The molecule has 256 valence electrons. The van der Waals surface area contributed by atoms with Crippen LogP contribution in [0.3, 0.4) is 0 Å². The minimum atomic E-state index is -4.64. The highest BCUT2D eigenvalue weighted by molar-refractivity contribution is 5.96. The van der Waals surface area contributed by atoms with Crippen LogP contribution in [0.25, 0.3) is 0 Å². The summed E-state index contributed by atoms with van der Waals surface area (Å²) in [6.07, 6.45) is 8.10. The van der Waals surface area contributed by atoms with Crippen LogP contribution in [0.5, 0.6) is 5.88 Å². The van der Waals surface area contributed by atoms with E-state index in [0.29, 0.717) is 68.5 Å².